The summed E-state index contributed by atoms with van der Waals surface area (Å²) >= 11 is 0. The fraction of sp³-hybridized carbons (Fsp3) is 0.615. The molecule has 0 saturated carbocycles. The number of nitrogens with zero attached hydrogens (tertiary/aromatic N) is 2. The van der Waals surface area contributed by atoms with E-state index in [0.29, 0.717) is 32.7 Å². The van der Waals surface area contributed by atoms with Gasteiger partial charge in [-0.15, -0.1) is 0 Å². The summed E-state index contributed by atoms with van der Waals surface area (Å²) < 4.78 is 36.4. The number of pyridine rings is 1. The average Bonchev–Trinajstić information content (AvgIpc) is 2.50. The average molecular weight is 317 g/mol. The Labute approximate surface area is 126 Å². The summed E-state index contributed by atoms with van der Waals surface area (Å²) in [6.07, 6.45) is 2.09. The van der Waals surface area contributed by atoms with Crippen molar-refractivity contribution in [2.45, 2.75) is 18.0 Å². The van der Waals surface area contributed by atoms with Crippen LogP contribution in [-0.4, -0.2) is 58.2 Å². The fourth-order valence-electron chi connectivity index (χ4n) is 1.75. The molecule has 1 heterocycles. The number of methoxy groups -OCH3 is 2. The standard InChI is InChI=1S/C13H23N3O4S/c1-19-8-3-6-16(7-9-20-2)21(17,18)13-5-4-12(10-14)11-15-13/h4-5,11H,3,6-10,14H2,1-2H3. The molecule has 8 heteroatoms. The molecule has 7 nitrogen and oxygen atoms in total. The van der Waals surface area contributed by atoms with E-state index in [4.69, 9.17) is 15.2 Å². The van der Waals surface area contributed by atoms with Gasteiger partial charge in [0, 0.05) is 46.7 Å². The van der Waals surface area contributed by atoms with E-state index >= 15 is 0 Å². The number of aromatic nitrogens is 1. The molecule has 1 rings (SSSR count). The van der Waals surface area contributed by atoms with Crippen molar-refractivity contribution in [3.63, 3.8) is 0 Å². The highest BCUT2D eigenvalue weighted by atomic mass is 32.2. The molecule has 0 aromatic carbocycles. The third-order valence-electron chi connectivity index (χ3n) is 2.94. The summed E-state index contributed by atoms with van der Waals surface area (Å²) in [5, 5.41) is 0.0215. The maximum absolute atomic E-state index is 12.6. The van der Waals surface area contributed by atoms with Gasteiger partial charge in [-0.3, -0.25) is 0 Å². The van der Waals surface area contributed by atoms with Gasteiger partial charge in [0.25, 0.3) is 10.0 Å². The van der Waals surface area contributed by atoms with Crippen LogP contribution in [0.15, 0.2) is 23.4 Å². The second-order valence-electron chi connectivity index (χ2n) is 4.45. The molecule has 0 spiro atoms. The van der Waals surface area contributed by atoms with Crippen LogP contribution in [0.25, 0.3) is 0 Å². The lowest BCUT2D eigenvalue weighted by Gasteiger charge is -2.21. The molecule has 0 atom stereocenters. The van der Waals surface area contributed by atoms with Crippen molar-refractivity contribution in [3.8, 4) is 0 Å². The zero-order valence-electron chi connectivity index (χ0n) is 12.5. The Kier molecular flexibility index (Phi) is 7.76. The molecular weight excluding hydrogens is 294 g/mol. The zero-order chi connectivity index (χ0) is 15.7. The van der Waals surface area contributed by atoms with E-state index in [1.54, 1.807) is 13.2 Å². The Bertz CT molecular complexity index is 505. The smallest absolute Gasteiger partial charge is 0.260 e. The molecule has 0 aliphatic rings. The molecular formula is C13H23N3O4S. The first-order valence-electron chi connectivity index (χ1n) is 6.69. The van der Waals surface area contributed by atoms with E-state index in [0.717, 1.165) is 5.56 Å². The van der Waals surface area contributed by atoms with E-state index in [1.165, 1.54) is 23.7 Å². The first-order valence-corrected chi connectivity index (χ1v) is 8.13. The minimum Gasteiger partial charge on any atom is -0.385 e. The van der Waals surface area contributed by atoms with Gasteiger partial charge in [0.2, 0.25) is 0 Å². The van der Waals surface area contributed by atoms with Gasteiger partial charge in [-0.2, -0.15) is 4.31 Å². The first kappa shape index (κ1) is 18.0. The number of rotatable bonds is 10. The molecule has 0 fully saturated rings. The Morgan fingerprint density at radius 2 is 1.90 bits per heavy atom. The summed E-state index contributed by atoms with van der Waals surface area (Å²) in [6.45, 7) is 1.79. The molecule has 1 aromatic heterocycles. The SMILES string of the molecule is COCCCN(CCOC)S(=O)(=O)c1ccc(CN)cn1. The molecule has 120 valence electrons. The summed E-state index contributed by atoms with van der Waals surface area (Å²) in [6, 6.07) is 3.15. The molecule has 0 saturated heterocycles. The Balaban J connectivity index is 2.89. The maximum Gasteiger partial charge on any atom is 0.260 e. The predicted molar refractivity (Wildman–Crippen MR) is 79.3 cm³/mol. The molecule has 0 aliphatic carbocycles. The van der Waals surface area contributed by atoms with Gasteiger partial charge in [-0.05, 0) is 18.1 Å². The first-order chi connectivity index (χ1) is 10.1. The van der Waals surface area contributed by atoms with Gasteiger partial charge in [0.15, 0.2) is 5.03 Å². The van der Waals surface area contributed by atoms with E-state index in [9.17, 15) is 8.42 Å². The van der Waals surface area contributed by atoms with Crippen LogP contribution in [0, 0.1) is 0 Å². The van der Waals surface area contributed by atoms with Gasteiger partial charge in [-0.25, -0.2) is 13.4 Å². The van der Waals surface area contributed by atoms with Crippen LogP contribution in [0.4, 0.5) is 0 Å². The van der Waals surface area contributed by atoms with Crippen molar-refractivity contribution in [1.29, 1.82) is 0 Å². The monoisotopic (exact) mass is 317 g/mol. The highest BCUT2D eigenvalue weighted by molar-refractivity contribution is 7.89. The molecule has 0 aliphatic heterocycles. The van der Waals surface area contributed by atoms with E-state index < -0.39 is 10.0 Å². The van der Waals surface area contributed by atoms with Gasteiger partial charge in [0.1, 0.15) is 0 Å². The number of nitrogens with two attached hydrogens (primary N) is 1. The number of hydrogen-bond donors (Lipinski definition) is 1. The molecule has 0 radical (unpaired) electrons. The Morgan fingerprint density at radius 3 is 2.43 bits per heavy atom. The Hall–Kier alpha value is -1.06. The minimum absolute atomic E-state index is 0.0215. The van der Waals surface area contributed by atoms with E-state index in [1.807, 2.05) is 0 Å². The van der Waals surface area contributed by atoms with Crippen molar-refractivity contribution in [1.82, 2.24) is 9.29 Å². The van der Waals surface area contributed by atoms with Gasteiger partial charge in [0.05, 0.1) is 6.61 Å². The largest absolute Gasteiger partial charge is 0.385 e. The van der Waals surface area contributed by atoms with Crippen LogP contribution in [-0.2, 0) is 26.0 Å². The summed E-state index contributed by atoms with van der Waals surface area (Å²) in [7, 11) is -0.513. The predicted octanol–water partition coefficient (Wildman–Crippen LogP) is 0.214. The number of hydrogen-bond acceptors (Lipinski definition) is 6. The van der Waals surface area contributed by atoms with E-state index in [2.05, 4.69) is 4.98 Å². The second-order valence-corrected chi connectivity index (χ2v) is 6.34. The highest BCUT2D eigenvalue weighted by Crippen LogP contribution is 2.14. The van der Waals surface area contributed by atoms with Crippen molar-refractivity contribution >= 4 is 10.0 Å². The van der Waals surface area contributed by atoms with E-state index in [-0.39, 0.29) is 11.6 Å². The van der Waals surface area contributed by atoms with Crippen molar-refractivity contribution in [3.05, 3.63) is 23.9 Å². The van der Waals surface area contributed by atoms with Crippen LogP contribution < -0.4 is 5.73 Å². The van der Waals surface area contributed by atoms with Gasteiger partial charge >= 0.3 is 0 Å². The highest BCUT2D eigenvalue weighted by Gasteiger charge is 2.25. The van der Waals surface area contributed by atoms with Crippen LogP contribution in [0.1, 0.15) is 12.0 Å². The molecule has 0 unspecified atom stereocenters. The Morgan fingerprint density at radius 1 is 1.19 bits per heavy atom. The number of sulfonamides is 1. The lowest BCUT2D eigenvalue weighted by atomic mass is 10.3. The third kappa shape index (κ3) is 5.33. The second kappa shape index (κ2) is 9.06. The van der Waals surface area contributed by atoms with Crippen LogP contribution >= 0.6 is 0 Å². The quantitative estimate of drug-likeness (QED) is 0.620. The zero-order valence-corrected chi connectivity index (χ0v) is 13.3. The van der Waals surface area contributed by atoms with Gasteiger partial charge in [-0.1, -0.05) is 6.07 Å². The van der Waals surface area contributed by atoms with Crippen molar-refractivity contribution in [2.24, 2.45) is 5.73 Å². The maximum atomic E-state index is 12.6. The van der Waals surface area contributed by atoms with Gasteiger partial charge < -0.3 is 15.2 Å². The molecule has 0 amide bonds. The summed E-state index contributed by atoms with van der Waals surface area (Å²) in [4.78, 5) is 4.00. The summed E-state index contributed by atoms with van der Waals surface area (Å²) in [5.74, 6) is 0. The summed E-state index contributed by atoms with van der Waals surface area (Å²) in [5.41, 5.74) is 6.27. The lowest BCUT2D eigenvalue weighted by molar-refractivity contribution is 0.164. The molecule has 1 aromatic rings. The van der Waals surface area contributed by atoms with Crippen LogP contribution in [0.3, 0.4) is 0 Å². The fourth-order valence-corrected chi connectivity index (χ4v) is 3.12. The minimum atomic E-state index is -3.63. The molecule has 21 heavy (non-hydrogen) atoms. The van der Waals surface area contributed by atoms with Crippen molar-refractivity contribution < 1.29 is 17.9 Å². The lowest BCUT2D eigenvalue weighted by Crippen LogP contribution is -2.35. The van der Waals surface area contributed by atoms with Crippen molar-refractivity contribution in [2.75, 3.05) is 40.5 Å². The van der Waals surface area contributed by atoms with Crippen LogP contribution in [0.5, 0.6) is 0 Å². The molecule has 2 N–H and O–H groups in total. The third-order valence-corrected chi connectivity index (χ3v) is 4.75. The molecule has 0 bridgehead atoms. The normalized spacial score (nSPS) is 12.0. The van der Waals surface area contributed by atoms with Crippen LogP contribution in [0.2, 0.25) is 0 Å². The topological polar surface area (TPSA) is 94.8 Å². The number of ether oxygens (including phenoxy) is 2.